The Bertz CT molecular complexity index is 605. The van der Waals surface area contributed by atoms with E-state index in [1.807, 2.05) is 0 Å². The molecule has 4 aliphatic rings. The zero-order valence-corrected chi connectivity index (χ0v) is 15.5. The predicted molar refractivity (Wildman–Crippen MR) is 92.1 cm³/mol. The zero-order valence-electron chi connectivity index (χ0n) is 14.7. The molecule has 4 saturated heterocycles. The van der Waals surface area contributed by atoms with E-state index in [0.717, 1.165) is 38.8 Å². The Morgan fingerprint density at radius 2 is 1.80 bits per heavy atom. The molecule has 0 bridgehead atoms. The Hall–Kier alpha value is -0.700. The Balaban J connectivity index is 1.32. The third-order valence-electron chi connectivity index (χ3n) is 6.05. The van der Waals surface area contributed by atoms with Crippen molar-refractivity contribution >= 4 is 15.7 Å². The third-order valence-corrected chi connectivity index (χ3v) is 8.28. The largest absolute Gasteiger partial charge is 0.381 e. The lowest BCUT2D eigenvalue weighted by atomic mass is 9.91. The van der Waals surface area contributed by atoms with Crippen LogP contribution in [0, 0.1) is 5.92 Å². The number of hydrogen-bond donors (Lipinski definition) is 0. The summed E-state index contributed by atoms with van der Waals surface area (Å²) in [5.74, 6) is 0.208. The van der Waals surface area contributed by atoms with E-state index in [9.17, 15) is 13.2 Å². The number of rotatable bonds is 3. The molecule has 0 aliphatic carbocycles. The molecule has 0 aromatic carbocycles. The van der Waals surface area contributed by atoms with Gasteiger partial charge >= 0.3 is 0 Å². The van der Waals surface area contributed by atoms with Crippen molar-refractivity contribution in [1.29, 1.82) is 0 Å². The zero-order chi connectivity index (χ0) is 17.5. The van der Waals surface area contributed by atoms with Gasteiger partial charge in [-0.25, -0.2) is 8.42 Å². The maximum Gasteiger partial charge on any atom is 0.226 e. The first-order chi connectivity index (χ1) is 12.0. The second kappa shape index (κ2) is 6.79. The molecule has 0 N–H and O–H groups in total. The first-order valence-corrected chi connectivity index (χ1v) is 11.1. The summed E-state index contributed by atoms with van der Waals surface area (Å²) in [6.07, 6.45) is 3.83. The van der Waals surface area contributed by atoms with E-state index in [1.54, 1.807) is 4.90 Å². The summed E-state index contributed by atoms with van der Waals surface area (Å²) in [7, 11) is -3.18. The van der Waals surface area contributed by atoms with Gasteiger partial charge in [0, 0.05) is 25.7 Å². The van der Waals surface area contributed by atoms with Crippen molar-refractivity contribution in [3.63, 3.8) is 0 Å². The number of carbonyl (C=O) groups is 1. The van der Waals surface area contributed by atoms with E-state index >= 15 is 0 Å². The SMILES string of the molecule is O=C(C1CCOCC1)N1CC2(C1)CS(=O)(=O)[C@@H](CN1CCCC1)CO2. The fraction of sp³-hybridized carbons (Fsp3) is 0.941. The average molecular weight is 372 g/mol. The smallest absolute Gasteiger partial charge is 0.226 e. The van der Waals surface area contributed by atoms with E-state index in [-0.39, 0.29) is 24.2 Å². The lowest BCUT2D eigenvalue weighted by molar-refractivity contribution is -0.171. The summed E-state index contributed by atoms with van der Waals surface area (Å²) in [5.41, 5.74) is -0.666. The normalized spacial score (nSPS) is 32.6. The van der Waals surface area contributed by atoms with Crippen LogP contribution in [0.2, 0.25) is 0 Å². The van der Waals surface area contributed by atoms with Crippen molar-refractivity contribution in [1.82, 2.24) is 9.80 Å². The summed E-state index contributed by atoms with van der Waals surface area (Å²) < 4.78 is 36.8. The monoisotopic (exact) mass is 372 g/mol. The number of carbonyl (C=O) groups excluding carboxylic acids is 1. The molecule has 4 fully saturated rings. The molecule has 4 heterocycles. The highest BCUT2D eigenvalue weighted by Crippen LogP contribution is 2.34. The Morgan fingerprint density at radius 3 is 2.44 bits per heavy atom. The van der Waals surface area contributed by atoms with Crippen LogP contribution in [0.3, 0.4) is 0 Å². The fourth-order valence-corrected chi connectivity index (χ4v) is 6.46. The van der Waals surface area contributed by atoms with Crippen LogP contribution in [0.5, 0.6) is 0 Å². The van der Waals surface area contributed by atoms with Crippen LogP contribution in [0.15, 0.2) is 0 Å². The van der Waals surface area contributed by atoms with Gasteiger partial charge in [-0.15, -0.1) is 0 Å². The highest BCUT2D eigenvalue weighted by molar-refractivity contribution is 7.92. The number of sulfone groups is 1. The second-order valence-corrected chi connectivity index (χ2v) is 10.3. The molecule has 0 unspecified atom stereocenters. The molecular formula is C17H28N2O5S. The number of likely N-dealkylation sites (tertiary alicyclic amines) is 2. The summed E-state index contributed by atoms with van der Waals surface area (Å²) >= 11 is 0. The first kappa shape index (κ1) is 17.7. The van der Waals surface area contributed by atoms with Crippen LogP contribution in [0.4, 0.5) is 0 Å². The van der Waals surface area contributed by atoms with Crippen LogP contribution in [-0.2, 0) is 24.1 Å². The van der Waals surface area contributed by atoms with Gasteiger partial charge in [0.2, 0.25) is 5.91 Å². The molecule has 4 rings (SSSR count). The lowest BCUT2D eigenvalue weighted by Crippen LogP contribution is -2.71. The minimum Gasteiger partial charge on any atom is -0.381 e. The third kappa shape index (κ3) is 3.59. The van der Waals surface area contributed by atoms with E-state index in [0.29, 0.717) is 32.8 Å². The van der Waals surface area contributed by atoms with Crippen molar-refractivity contribution in [3.8, 4) is 0 Å². The highest BCUT2D eigenvalue weighted by Gasteiger charge is 2.54. The van der Waals surface area contributed by atoms with Gasteiger partial charge in [-0.3, -0.25) is 4.79 Å². The van der Waals surface area contributed by atoms with Crippen LogP contribution >= 0.6 is 0 Å². The van der Waals surface area contributed by atoms with E-state index in [2.05, 4.69) is 4.90 Å². The summed E-state index contributed by atoms with van der Waals surface area (Å²) in [5, 5.41) is -0.420. The van der Waals surface area contributed by atoms with Gasteiger partial charge in [0.05, 0.1) is 30.7 Å². The molecule has 8 heteroatoms. The standard InChI is InChI=1S/C17H28N2O5S/c20-16(14-3-7-23-8-4-14)19-11-17(12-19)13-25(21,22)15(10-24-17)9-18-5-1-2-6-18/h14-15H,1-13H2/t15-/m0/s1. The molecule has 142 valence electrons. The van der Waals surface area contributed by atoms with Crippen molar-refractivity contribution in [2.75, 3.05) is 58.3 Å². The molecule has 0 aromatic heterocycles. The van der Waals surface area contributed by atoms with Crippen LogP contribution in [0.1, 0.15) is 25.7 Å². The maximum atomic E-state index is 12.7. The fourth-order valence-electron chi connectivity index (χ4n) is 4.51. The van der Waals surface area contributed by atoms with Gasteiger partial charge in [-0.05, 0) is 38.8 Å². The van der Waals surface area contributed by atoms with Crippen molar-refractivity contribution < 1.29 is 22.7 Å². The maximum absolute atomic E-state index is 12.7. The van der Waals surface area contributed by atoms with Gasteiger partial charge in [-0.2, -0.15) is 0 Å². The molecule has 4 aliphatic heterocycles. The van der Waals surface area contributed by atoms with Gasteiger partial charge in [0.15, 0.2) is 9.84 Å². The van der Waals surface area contributed by atoms with Crippen molar-refractivity contribution in [2.45, 2.75) is 36.5 Å². The van der Waals surface area contributed by atoms with Gasteiger partial charge in [0.1, 0.15) is 5.60 Å². The molecular weight excluding hydrogens is 344 g/mol. The topological polar surface area (TPSA) is 76.2 Å². The Labute approximate surface area is 149 Å². The quantitative estimate of drug-likeness (QED) is 0.689. The summed E-state index contributed by atoms with van der Waals surface area (Å²) in [6, 6.07) is 0. The van der Waals surface area contributed by atoms with E-state index in [1.165, 1.54) is 0 Å². The number of ether oxygens (including phenoxy) is 2. The predicted octanol–water partition coefficient (Wildman–Crippen LogP) is -0.0966. The van der Waals surface area contributed by atoms with Gasteiger partial charge < -0.3 is 19.3 Å². The molecule has 1 spiro atoms. The van der Waals surface area contributed by atoms with E-state index in [4.69, 9.17) is 9.47 Å². The van der Waals surface area contributed by atoms with Crippen LogP contribution in [-0.4, -0.2) is 93.3 Å². The first-order valence-electron chi connectivity index (χ1n) is 9.42. The lowest BCUT2D eigenvalue weighted by Gasteiger charge is -2.53. The minimum absolute atomic E-state index is 0.0224. The molecule has 0 aromatic rings. The average Bonchev–Trinajstić information content (AvgIpc) is 3.07. The highest BCUT2D eigenvalue weighted by atomic mass is 32.2. The second-order valence-electron chi connectivity index (χ2n) is 8.01. The van der Waals surface area contributed by atoms with Gasteiger partial charge in [0.25, 0.3) is 0 Å². The number of hydrogen-bond acceptors (Lipinski definition) is 6. The molecule has 7 nitrogen and oxygen atoms in total. The van der Waals surface area contributed by atoms with Crippen LogP contribution < -0.4 is 0 Å². The van der Waals surface area contributed by atoms with Crippen LogP contribution in [0.25, 0.3) is 0 Å². The molecule has 0 radical (unpaired) electrons. The van der Waals surface area contributed by atoms with Crippen molar-refractivity contribution in [2.24, 2.45) is 5.92 Å². The minimum atomic E-state index is -3.18. The van der Waals surface area contributed by atoms with Crippen molar-refractivity contribution in [3.05, 3.63) is 0 Å². The van der Waals surface area contributed by atoms with Gasteiger partial charge in [-0.1, -0.05) is 0 Å². The number of amides is 1. The molecule has 1 amide bonds. The Kier molecular flexibility index (Phi) is 4.81. The summed E-state index contributed by atoms with van der Waals surface area (Å²) in [4.78, 5) is 16.5. The molecule has 1 atom stereocenters. The summed E-state index contributed by atoms with van der Waals surface area (Å²) in [6.45, 7) is 4.94. The molecule has 0 saturated carbocycles. The number of nitrogens with zero attached hydrogens (tertiary/aromatic N) is 2. The Morgan fingerprint density at radius 1 is 1.12 bits per heavy atom. The van der Waals surface area contributed by atoms with E-state index < -0.39 is 20.7 Å². The molecule has 25 heavy (non-hydrogen) atoms.